The first kappa shape index (κ1) is 20.0. The number of carbonyl (C=O) groups is 1. The Morgan fingerprint density at radius 3 is 2.25 bits per heavy atom. The number of nitrogens with one attached hydrogen (secondary N) is 1. The van der Waals surface area contributed by atoms with Crippen LogP contribution in [0.2, 0.25) is 0 Å². The average molecular weight is 349 g/mol. The van der Waals surface area contributed by atoms with Crippen molar-refractivity contribution in [1.29, 1.82) is 0 Å². The van der Waals surface area contributed by atoms with Gasteiger partial charge in [-0.05, 0) is 23.3 Å². The maximum absolute atomic E-state index is 12.3. The molecule has 0 aromatic heterocycles. The second kappa shape index (κ2) is 8.71. The number of halogens is 1. The van der Waals surface area contributed by atoms with Crippen LogP contribution < -0.4 is 15.8 Å². The monoisotopic (exact) mass is 348 g/mol. The topological polar surface area (TPSA) is 64.3 Å². The Hall–Kier alpha value is -2.04. The standard InChI is InChI=1S/C19H24N2O2.ClH/c1-19(2,15-9-11-16(23-3)12-10-15)13-21-18(22)17(20)14-7-5-4-6-8-14;/h4-12,17H,13,20H2,1-3H3,(H,21,22);1H. The van der Waals surface area contributed by atoms with Gasteiger partial charge in [0, 0.05) is 12.0 Å². The molecule has 0 radical (unpaired) electrons. The van der Waals surface area contributed by atoms with Gasteiger partial charge in [0.2, 0.25) is 5.91 Å². The fourth-order valence-corrected chi connectivity index (χ4v) is 2.37. The Bertz CT molecular complexity index is 642. The van der Waals surface area contributed by atoms with Crippen LogP contribution in [0.25, 0.3) is 0 Å². The van der Waals surface area contributed by atoms with Crippen molar-refractivity contribution >= 4 is 18.3 Å². The van der Waals surface area contributed by atoms with Crippen molar-refractivity contribution < 1.29 is 9.53 Å². The Kier molecular flexibility index (Phi) is 7.26. The Balaban J connectivity index is 0.00000288. The molecule has 0 spiro atoms. The first-order valence-corrected chi connectivity index (χ1v) is 7.67. The molecule has 0 saturated carbocycles. The van der Waals surface area contributed by atoms with Gasteiger partial charge < -0.3 is 15.8 Å². The molecule has 1 unspecified atom stereocenters. The van der Waals surface area contributed by atoms with Crippen LogP contribution in [0.5, 0.6) is 5.75 Å². The maximum Gasteiger partial charge on any atom is 0.241 e. The van der Waals surface area contributed by atoms with Crippen molar-refractivity contribution in [3.63, 3.8) is 0 Å². The molecule has 3 N–H and O–H groups in total. The van der Waals surface area contributed by atoms with Gasteiger partial charge in [0.1, 0.15) is 11.8 Å². The number of ether oxygens (including phenoxy) is 1. The molecule has 0 aliphatic rings. The molecule has 2 rings (SSSR count). The van der Waals surface area contributed by atoms with Crippen LogP contribution >= 0.6 is 12.4 Å². The normalized spacial score (nSPS) is 12.0. The van der Waals surface area contributed by atoms with E-state index in [-0.39, 0.29) is 23.7 Å². The maximum atomic E-state index is 12.3. The molecule has 2 aromatic rings. The third-order valence-corrected chi connectivity index (χ3v) is 4.02. The summed E-state index contributed by atoms with van der Waals surface area (Å²) in [6, 6.07) is 16.6. The molecular weight excluding hydrogens is 324 g/mol. The van der Waals surface area contributed by atoms with Crippen LogP contribution in [0.1, 0.15) is 31.0 Å². The van der Waals surface area contributed by atoms with Crippen LogP contribution in [0, 0.1) is 0 Å². The molecular formula is C19H25ClN2O2. The quantitative estimate of drug-likeness (QED) is 0.842. The van der Waals surface area contributed by atoms with Crippen LogP contribution in [-0.2, 0) is 10.2 Å². The second-order valence-corrected chi connectivity index (χ2v) is 6.22. The summed E-state index contributed by atoms with van der Waals surface area (Å²) < 4.78 is 5.17. The van der Waals surface area contributed by atoms with E-state index >= 15 is 0 Å². The number of benzene rings is 2. The summed E-state index contributed by atoms with van der Waals surface area (Å²) in [5, 5.41) is 2.95. The van der Waals surface area contributed by atoms with Crippen molar-refractivity contribution in [2.24, 2.45) is 5.73 Å². The van der Waals surface area contributed by atoms with Gasteiger partial charge in [-0.15, -0.1) is 12.4 Å². The lowest BCUT2D eigenvalue weighted by Crippen LogP contribution is -2.41. The highest BCUT2D eigenvalue weighted by Crippen LogP contribution is 2.24. The van der Waals surface area contributed by atoms with Crippen LogP contribution in [0.3, 0.4) is 0 Å². The summed E-state index contributed by atoms with van der Waals surface area (Å²) in [5.41, 5.74) is 7.76. The Labute approximate surface area is 149 Å². The molecule has 4 nitrogen and oxygen atoms in total. The highest BCUT2D eigenvalue weighted by Gasteiger charge is 2.23. The highest BCUT2D eigenvalue weighted by atomic mass is 35.5. The molecule has 0 fully saturated rings. The summed E-state index contributed by atoms with van der Waals surface area (Å²) in [4.78, 5) is 12.3. The molecule has 0 aliphatic carbocycles. The lowest BCUT2D eigenvalue weighted by atomic mass is 9.84. The predicted octanol–water partition coefficient (Wildman–Crippen LogP) is 3.21. The largest absolute Gasteiger partial charge is 0.497 e. The molecule has 1 atom stereocenters. The highest BCUT2D eigenvalue weighted by molar-refractivity contribution is 5.85. The summed E-state index contributed by atoms with van der Waals surface area (Å²) in [6.07, 6.45) is 0. The SMILES string of the molecule is COc1ccc(C(C)(C)CNC(=O)C(N)c2ccccc2)cc1.Cl. The van der Waals surface area contributed by atoms with Crippen molar-refractivity contribution in [3.05, 3.63) is 65.7 Å². The summed E-state index contributed by atoms with van der Waals surface area (Å²) in [5.74, 6) is 0.650. The summed E-state index contributed by atoms with van der Waals surface area (Å²) in [6.45, 7) is 4.69. The predicted molar refractivity (Wildman–Crippen MR) is 99.6 cm³/mol. The van der Waals surface area contributed by atoms with Gasteiger partial charge in [0.15, 0.2) is 0 Å². The van der Waals surface area contributed by atoms with E-state index in [4.69, 9.17) is 10.5 Å². The van der Waals surface area contributed by atoms with Gasteiger partial charge in [-0.3, -0.25) is 4.79 Å². The lowest BCUT2D eigenvalue weighted by molar-refractivity contribution is -0.122. The third kappa shape index (κ3) is 4.98. The average Bonchev–Trinajstić information content (AvgIpc) is 2.60. The summed E-state index contributed by atoms with van der Waals surface area (Å²) >= 11 is 0. The van der Waals surface area contributed by atoms with Gasteiger partial charge in [-0.2, -0.15) is 0 Å². The number of amides is 1. The van der Waals surface area contributed by atoms with E-state index < -0.39 is 6.04 Å². The fourth-order valence-electron chi connectivity index (χ4n) is 2.37. The van der Waals surface area contributed by atoms with E-state index in [1.165, 1.54) is 0 Å². The number of nitrogens with two attached hydrogens (primary N) is 1. The molecule has 0 aliphatic heterocycles. The fraction of sp³-hybridized carbons (Fsp3) is 0.316. The first-order valence-electron chi connectivity index (χ1n) is 7.67. The smallest absolute Gasteiger partial charge is 0.241 e. The van der Waals surface area contributed by atoms with Gasteiger partial charge in [0.05, 0.1) is 7.11 Å². The van der Waals surface area contributed by atoms with Gasteiger partial charge in [-0.25, -0.2) is 0 Å². The Morgan fingerprint density at radius 1 is 1.12 bits per heavy atom. The number of methoxy groups -OCH3 is 1. The first-order chi connectivity index (χ1) is 10.9. The molecule has 5 heteroatoms. The number of hydrogen-bond donors (Lipinski definition) is 2. The lowest BCUT2D eigenvalue weighted by Gasteiger charge is -2.26. The second-order valence-electron chi connectivity index (χ2n) is 6.22. The van der Waals surface area contributed by atoms with Gasteiger partial charge in [-0.1, -0.05) is 56.3 Å². The van der Waals surface area contributed by atoms with E-state index in [9.17, 15) is 4.79 Å². The zero-order valence-corrected chi connectivity index (χ0v) is 15.1. The minimum absolute atomic E-state index is 0. The molecule has 0 saturated heterocycles. The molecule has 24 heavy (non-hydrogen) atoms. The Morgan fingerprint density at radius 2 is 1.71 bits per heavy atom. The van der Waals surface area contributed by atoms with Gasteiger partial charge in [0.25, 0.3) is 0 Å². The minimum atomic E-state index is -0.650. The van der Waals surface area contributed by atoms with Crippen molar-refractivity contribution in [1.82, 2.24) is 5.32 Å². The zero-order chi connectivity index (χ0) is 16.9. The van der Waals surface area contributed by atoms with Crippen LogP contribution in [-0.4, -0.2) is 19.6 Å². The van der Waals surface area contributed by atoms with Gasteiger partial charge >= 0.3 is 0 Å². The zero-order valence-electron chi connectivity index (χ0n) is 14.3. The molecule has 130 valence electrons. The number of carbonyl (C=O) groups excluding carboxylic acids is 1. The number of hydrogen-bond acceptors (Lipinski definition) is 3. The van der Waals surface area contributed by atoms with E-state index in [0.29, 0.717) is 6.54 Å². The van der Waals surface area contributed by atoms with E-state index in [1.807, 2.05) is 54.6 Å². The van der Waals surface area contributed by atoms with Crippen LogP contribution in [0.4, 0.5) is 0 Å². The summed E-state index contributed by atoms with van der Waals surface area (Å²) in [7, 11) is 1.64. The van der Waals surface area contributed by atoms with E-state index in [2.05, 4.69) is 19.2 Å². The molecule has 0 heterocycles. The van der Waals surface area contributed by atoms with E-state index in [1.54, 1.807) is 7.11 Å². The minimum Gasteiger partial charge on any atom is -0.497 e. The third-order valence-electron chi connectivity index (χ3n) is 4.02. The number of rotatable bonds is 6. The van der Waals surface area contributed by atoms with Crippen molar-refractivity contribution in [2.45, 2.75) is 25.3 Å². The molecule has 2 aromatic carbocycles. The van der Waals surface area contributed by atoms with Crippen molar-refractivity contribution in [3.8, 4) is 5.75 Å². The van der Waals surface area contributed by atoms with E-state index in [0.717, 1.165) is 16.9 Å². The molecule has 1 amide bonds. The van der Waals surface area contributed by atoms with Crippen molar-refractivity contribution in [2.75, 3.05) is 13.7 Å². The molecule has 0 bridgehead atoms. The van der Waals surface area contributed by atoms with Crippen LogP contribution in [0.15, 0.2) is 54.6 Å².